The zero-order valence-corrected chi connectivity index (χ0v) is 26.2. The molecule has 0 saturated heterocycles. The highest BCUT2D eigenvalue weighted by Gasteiger charge is 2.28. The summed E-state index contributed by atoms with van der Waals surface area (Å²) in [7, 11) is 1.84. The molecule has 0 aliphatic heterocycles. The van der Waals surface area contributed by atoms with E-state index >= 15 is 8.78 Å². The lowest BCUT2D eigenvalue weighted by Gasteiger charge is -2.19. The topological polar surface area (TPSA) is 17.0 Å². The van der Waals surface area contributed by atoms with Gasteiger partial charge in [0, 0.05) is 22.4 Å². The minimum Gasteiger partial charge on any atom is -0.454 e. The van der Waals surface area contributed by atoms with Crippen LogP contribution >= 0.6 is 0 Å². The maximum atomic E-state index is 15.6. The molecule has 0 N–H and O–H groups in total. The minimum atomic E-state index is -0.375. The summed E-state index contributed by atoms with van der Waals surface area (Å²) in [6.45, 7) is 14.7. The van der Waals surface area contributed by atoms with Gasteiger partial charge in [0.1, 0.15) is 24.0 Å². The van der Waals surface area contributed by atoms with Crippen LogP contribution in [0.2, 0.25) is 0 Å². The average Bonchev–Trinajstić information content (AvgIpc) is 3.31. The molecule has 0 atom stereocenters. The Kier molecular flexibility index (Phi) is 6.80. The molecule has 4 aromatic carbocycles. The highest BCUT2D eigenvalue weighted by Crippen LogP contribution is 2.42. The summed E-state index contributed by atoms with van der Waals surface area (Å²) in [5.41, 5.74) is 8.89. The predicted octanol–water partition coefficient (Wildman–Crippen LogP) is 10.6. The van der Waals surface area contributed by atoms with Crippen molar-refractivity contribution in [3.8, 4) is 33.5 Å². The average molecular weight is 575 g/mol. The van der Waals surface area contributed by atoms with E-state index in [1.807, 2.05) is 71.1 Å². The Hall–Kier alpha value is -4.31. The van der Waals surface area contributed by atoms with Gasteiger partial charge in [0.15, 0.2) is 5.82 Å². The van der Waals surface area contributed by atoms with Crippen LogP contribution in [0.3, 0.4) is 0 Å². The molecule has 0 amide bonds. The summed E-state index contributed by atoms with van der Waals surface area (Å²) >= 11 is 0. The molecule has 43 heavy (non-hydrogen) atoms. The van der Waals surface area contributed by atoms with E-state index in [0.717, 1.165) is 44.3 Å². The SMILES string of the molecule is Cc1ccc2c(oc3c(-c4ccc(-c5ccc(C(C)(C)C)cc5)cc4)c(F)ccc32)c1-c1cc(C(C)(C)C)c(F)c[n+]1C. The van der Waals surface area contributed by atoms with E-state index in [1.165, 1.54) is 17.8 Å². The molecule has 2 heterocycles. The molecule has 0 saturated carbocycles. The second-order valence-electron chi connectivity index (χ2n) is 13.7. The lowest BCUT2D eigenvalue weighted by atomic mass is 9.86. The fraction of sp³-hybridized carbons (Fsp3) is 0.256. The second kappa shape index (κ2) is 10.2. The van der Waals surface area contributed by atoms with Crippen LogP contribution in [0.15, 0.2) is 89.5 Å². The van der Waals surface area contributed by atoms with Crippen LogP contribution in [0.4, 0.5) is 8.78 Å². The van der Waals surface area contributed by atoms with Crippen molar-refractivity contribution in [1.29, 1.82) is 0 Å². The van der Waals surface area contributed by atoms with E-state index in [0.29, 0.717) is 22.3 Å². The van der Waals surface area contributed by atoms with Gasteiger partial charge in [0.05, 0.1) is 11.1 Å². The third-order valence-corrected chi connectivity index (χ3v) is 8.51. The third-order valence-electron chi connectivity index (χ3n) is 8.51. The molecule has 0 radical (unpaired) electrons. The second-order valence-corrected chi connectivity index (χ2v) is 13.7. The molecule has 218 valence electrons. The van der Waals surface area contributed by atoms with E-state index in [2.05, 4.69) is 51.1 Å². The molecule has 0 spiro atoms. The van der Waals surface area contributed by atoms with Gasteiger partial charge in [0.2, 0.25) is 11.9 Å². The standard InChI is InChI=1S/C39H38F2NO/c1-23-9-18-28-29-19-20-31(40)35(26-12-10-24(11-13-26)25-14-16-27(17-15-25)38(2,3)4)37(29)43-36(28)34(23)33-21-30(39(5,6)7)32(41)22-42(33)8/h9-22H,1-8H3/q+1. The lowest BCUT2D eigenvalue weighted by Crippen LogP contribution is -2.33. The summed E-state index contributed by atoms with van der Waals surface area (Å²) in [5, 5.41) is 1.74. The molecule has 2 nitrogen and oxygen atoms in total. The van der Waals surface area contributed by atoms with Crippen LogP contribution < -0.4 is 4.57 Å². The maximum Gasteiger partial charge on any atom is 0.216 e. The van der Waals surface area contributed by atoms with E-state index in [1.54, 1.807) is 10.6 Å². The number of furan rings is 1. The molecule has 0 aliphatic rings. The van der Waals surface area contributed by atoms with E-state index in [9.17, 15) is 0 Å². The van der Waals surface area contributed by atoms with Gasteiger partial charge in [-0.1, -0.05) is 102 Å². The van der Waals surface area contributed by atoms with Gasteiger partial charge in [-0.2, -0.15) is 4.57 Å². The fourth-order valence-corrected chi connectivity index (χ4v) is 6.00. The van der Waals surface area contributed by atoms with Crippen LogP contribution in [-0.2, 0) is 17.9 Å². The van der Waals surface area contributed by atoms with Crippen molar-refractivity contribution in [1.82, 2.24) is 0 Å². The summed E-state index contributed by atoms with van der Waals surface area (Å²) in [6, 6.07) is 25.9. The maximum absolute atomic E-state index is 15.6. The summed E-state index contributed by atoms with van der Waals surface area (Å²) in [4.78, 5) is 0. The lowest BCUT2D eigenvalue weighted by molar-refractivity contribution is -0.662. The number of rotatable bonds is 3. The third kappa shape index (κ3) is 5.03. The number of aromatic nitrogens is 1. The summed E-state index contributed by atoms with van der Waals surface area (Å²) in [6.07, 6.45) is 1.53. The van der Waals surface area contributed by atoms with Crippen LogP contribution in [0.25, 0.3) is 55.4 Å². The molecule has 0 aliphatic carbocycles. The Bertz CT molecular complexity index is 2000. The molecular formula is C39H38F2NO+. The van der Waals surface area contributed by atoms with Gasteiger partial charge in [0.25, 0.3) is 0 Å². The Morgan fingerprint density at radius 1 is 0.605 bits per heavy atom. The highest BCUT2D eigenvalue weighted by atomic mass is 19.1. The number of pyridine rings is 1. The van der Waals surface area contributed by atoms with Gasteiger partial charge >= 0.3 is 0 Å². The van der Waals surface area contributed by atoms with Crippen molar-refractivity contribution in [3.05, 3.63) is 113 Å². The Balaban J connectivity index is 1.50. The monoisotopic (exact) mass is 574 g/mol. The molecule has 0 unspecified atom stereocenters. The van der Waals surface area contributed by atoms with Gasteiger partial charge in [-0.15, -0.1) is 0 Å². The zero-order chi connectivity index (χ0) is 30.8. The minimum absolute atomic E-state index is 0.0898. The number of hydrogen-bond donors (Lipinski definition) is 0. The molecule has 6 rings (SSSR count). The van der Waals surface area contributed by atoms with Crippen molar-refractivity contribution >= 4 is 21.9 Å². The smallest absolute Gasteiger partial charge is 0.216 e. The van der Waals surface area contributed by atoms with E-state index in [4.69, 9.17) is 4.42 Å². The van der Waals surface area contributed by atoms with Crippen molar-refractivity contribution in [3.63, 3.8) is 0 Å². The number of fused-ring (bicyclic) bond motifs is 3. The van der Waals surface area contributed by atoms with Crippen LogP contribution in [0, 0.1) is 18.6 Å². The van der Waals surface area contributed by atoms with Crippen LogP contribution in [0.5, 0.6) is 0 Å². The Labute approximate surface area is 252 Å². The van der Waals surface area contributed by atoms with Gasteiger partial charge in [-0.3, -0.25) is 0 Å². The normalized spacial score (nSPS) is 12.4. The number of benzene rings is 4. The van der Waals surface area contributed by atoms with Crippen LogP contribution in [-0.4, -0.2) is 0 Å². The molecule has 0 fully saturated rings. The van der Waals surface area contributed by atoms with Crippen molar-refractivity contribution in [2.24, 2.45) is 7.05 Å². The summed E-state index contributed by atoms with van der Waals surface area (Å²) in [5.74, 6) is -0.583. The van der Waals surface area contributed by atoms with E-state index < -0.39 is 0 Å². The van der Waals surface area contributed by atoms with Crippen LogP contribution in [0.1, 0.15) is 58.2 Å². The number of nitrogens with zero attached hydrogens (tertiary/aromatic N) is 1. The summed E-state index contributed by atoms with van der Waals surface area (Å²) < 4.78 is 39.0. The van der Waals surface area contributed by atoms with Gasteiger partial charge in [-0.05, 0) is 57.7 Å². The van der Waals surface area contributed by atoms with Crippen molar-refractivity contribution < 1.29 is 17.8 Å². The Morgan fingerprint density at radius 2 is 1.14 bits per heavy atom. The molecule has 0 bridgehead atoms. The predicted molar refractivity (Wildman–Crippen MR) is 173 cm³/mol. The first-order chi connectivity index (χ1) is 20.2. The van der Waals surface area contributed by atoms with Gasteiger partial charge in [-0.25, -0.2) is 8.78 Å². The molecule has 2 aromatic heterocycles. The molecule has 6 aromatic rings. The molecule has 4 heteroatoms. The first-order valence-corrected chi connectivity index (χ1v) is 14.8. The number of hydrogen-bond acceptors (Lipinski definition) is 1. The van der Waals surface area contributed by atoms with E-state index in [-0.39, 0.29) is 22.5 Å². The Morgan fingerprint density at radius 3 is 1.72 bits per heavy atom. The fourth-order valence-electron chi connectivity index (χ4n) is 6.00. The van der Waals surface area contributed by atoms with Crippen molar-refractivity contribution in [2.45, 2.75) is 59.3 Å². The molecular weight excluding hydrogens is 536 g/mol. The number of halogens is 2. The zero-order valence-electron chi connectivity index (χ0n) is 26.2. The van der Waals surface area contributed by atoms with Crippen molar-refractivity contribution in [2.75, 3.05) is 0 Å². The first-order valence-electron chi connectivity index (χ1n) is 14.8. The quantitative estimate of drug-likeness (QED) is 0.192. The van der Waals surface area contributed by atoms with Gasteiger partial charge < -0.3 is 4.42 Å². The first kappa shape index (κ1) is 28.8. The number of aryl methyl sites for hydroxylation is 2. The largest absolute Gasteiger partial charge is 0.454 e. The highest BCUT2D eigenvalue weighted by molar-refractivity contribution is 6.13.